The molecule has 0 spiro atoms. The molecule has 0 amide bonds. The van der Waals surface area contributed by atoms with Gasteiger partial charge in [-0.25, -0.2) is 0 Å². The summed E-state index contributed by atoms with van der Waals surface area (Å²) in [5.74, 6) is 0. The Hall–Kier alpha value is -0.120. The van der Waals surface area contributed by atoms with E-state index in [1.165, 1.54) is 0 Å². The third-order valence-electron chi connectivity index (χ3n) is 2.15. The predicted molar refractivity (Wildman–Crippen MR) is 50.4 cm³/mol. The van der Waals surface area contributed by atoms with Gasteiger partial charge in [0, 0.05) is 14.2 Å². The minimum atomic E-state index is -0.175. The van der Waals surface area contributed by atoms with Crippen LogP contribution in [0.3, 0.4) is 0 Å². The Kier molecular flexibility index (Phi) is 5.46. The van der Waals surface area contributed by atoms with Crippen LogP contribution in [0, 0.1) is 0 Å². The Morgan fingerprint density at radius 1 is 1.33 bits per heavy atom. The second-order valence-corrected chi connectivity index (χ2v) is 3.37. The maximum atomic E-state index is 5.36. The van der Waals surface area contributed by atoms with Crippen molar-refractivity contribution < 1.29 is 9.47 Å². The van der Waals surface area contributed by atoms with Crippen LogP contribution in [0.2, 0.25) is 0 Å². The van der Waals surface area contributed by atoms with Gasteiger partial charge < -0.3 is 14.8 Å². The van der Waals surface area contributed by atoms with Crippen molar-refractivity contribution in [2.24, 2.45) is 0 Å². The van der Waals surface area contributed by atoms with Crippen LogP contribution in [0.15, 0.2) is 0 Å². The molecule has 0 aromatic carbocycles. The zero-order valence-electron chi connectivity index (χ0n) is 8.81. The highest BCUT2D eigenvalue weighted by atomic mass is 16.5. The number of likely N-dealkylation sites (N-methyl/N-ethyl adjacent to an activating group) is 1. The van der Waals surface area contributed by atoms with Gasteiger partial charge in [-0.15, -0.1) is 0 Å². The van der Waals surface area contributed by atoms with Crippen LogP contribution in [0.25, 0.3) is 0 Å². The highest BCUT2D eigenvalue weighted by Gasteiger charge is 2.28. The average molecular weight is 175 g/mol. The number of hydrogen-bond donors (Lipinski definition) is 1. The summed E-state index contributed by atoms with van der Waals surface area (Å²) in [5.41, 5.74) is -0.175. The van der Waals surface area contributed by atoms with Crippen molar-refractivity contribution in [2.45, 2.75) is 32.4 Å². The number of hydrogen-bond acceptors (Lipinski definition) is 3. The molecule has 12 heavy (non-hydrogen) atoms. The average Bonchev–Trinajstić information content (AvgIpc) is 2.04. The first-order valence-electron chi connectivity index (χ1n) is 4.36. The van der Waals surface area contributed by atoms with E-state index < -0.39 is 0 Å². The van der Waals surface area contributed by atoms with Crippen molar-refractivity contribution in [3.63, 3.8) is 0 Å². The Morgan fingerprint density at radius 2 is 1.92 bits per heavy atom. The monoisotopic (exact) mass is 175 g/mol. The number of nitrogens with one attached hydrogen (secondary N) is 1. The summed E-state index contributed by atoms with van der Waals surface area (Å²) in [4.78, 5) is 0. The van der Waals surface area contributed by atoms with Crippen LogP contribution in [0.1, 0.15) is 20.8 Å². The van der Waals surface area contributed by atoms with Crippen molar-refractivity contribution >= 4 is 0 Å². The molecule has 0 radical (unpaired) electrons. The molecule has 3 nitrogen and oxygen atoms in total. The van der Waals surface area contributed by atoms with Crippen LogP contribution in [-0.2, 0) is 9.47 Å². The van der Waals surface area contributed by atoms with Crippen LogP contribution < -0.4 is 5.32 Å². The second-order valence-electron chi connectivity index (χ2n) is 3.37. The molecule has 0 aromatic heterocycles. The third-order valence-corrected chi connectivity index (χ3v) is 2.15. The van der Waals surface area contributed by atoms with Gasteiger partial charge in [0.15, 0.2) is 0 Å². The zero-order chi connectivity index (χ0) is 9.61. The highest BCUT2D eigenvalue weighted by molar-refractivity contribution is 4.84. The topological polar surface area (TPSA) is 30.5 Å². The summed E-state index contributed by atoms with van der Waals surface area (Å²) < 4.78 is 10.5. The molecule has 0 fully saturated rings. The zero-order valence-corrected chi connectivity index (χ0v) is 8.81. The van der Waals surface area contributed by atoms with Crippen LogP contribution in [-0.4, -0.2) is 39.0 Å². The fourth-order valence-electron chi connectivity index (χ4n) is 1.06. The smallest absolute Gasteiger partial charge is 0.0797 e. The van der Waals surface area contributed by atoms with E-state index in [4.69, 9.17) is 9.47 Å². The lowest BCUT2D eigenvalue weighted by molar-refractivity contribution is -0.0315. The molecular weight excluding hydrogens is 154 g/mol. The van der Waals surface area contributed by atoms with E-state index in [1.54, 1.807) is 14.2 Å². The standard InChI is InChI=1S/C9H21NO2/c1-6-10-8(7-11-4)9(2,3)12-5/h8,10H,6-7H2,1-5H3. The third kappa shape index (κ3) is 3.52. The van der Waals surface area contributed by atoms with Gasteiger partial charge in [0.05, 0.1) is 18.2 Å². The van der Waals surface area contributed by atoms with Crippen molar-refractivity contribution in [3.8, 4) is 0 Å². The van der Waals surface area contributed by atoms with Crippen LogP contribution in [0.4, 0.5) is 0 Å². The maximum Gasteiger partial charge on any atom is 0.0797 e. The molecule has 3 heteroatoms. The van der Waals surface area contributed by atoms with Crippen molar-refractivity contribution in [1.82, 2.24) is 5.32 Å². The molecule has 74 valence electrons. The van der Waals surface area contributed by atoms with Gasteiger partial charge in [-0.1, -0.05) is 6.92 Å². The first-order valence-corrected chi connectivity index (χ1v) is 4.36. The Balaban J connectivity index is 4.07. The molecule has 1 N–H and O–H groups in total. The summed E-state index contributed by atoms with van der Waals surface area (Å²) in [6.07, 6.45) is 0. The van der Waals surface area contributed by atoms with Crippen molar-refractivity contribution in [2.75, 3.05) is 27.4 Å². The Bertz CT molecular complexity index is 109. The van der Waals surface area contributed by atoms with Gasteiger partial charge in [0.2, 0.25) is 0 Å². The fraction of sp³-hybridized carbons (Fsp3) is 1.00. The lowest BCUT2D eigenvalue weighted by atomic mass is 9.99. The largest absolute Gasteiger partial charge is 0.383 e. The van der Waals surface area contributed by atoms with E-state index in [9.17, 15) is 0 Å². The van der Waals surface area contributed by atoms with E-state index in [2.05, 4.69) is 26.1 Å². The molecule has 0 saturated carbocycles. The first-order chi connectivity index (χ1) is 5.58. The number of ether oxygens (including phenoxy) is 2. The summed E-state index contributed by atoms with van der Waals surface area (Å²) in [6.45, 7) is 7.79. The molecule has 0 saturated heterocycles. The molecule has 0 aliphatic carbocycles. The molecule has 0 bridgehead atoms. The van der Waals surface area contributed by atoms with Gasteiger partial charge in [0.1, 0.15) is 0 Å². The van der Waals surface area contributed by atoms with E-state index in [1.807, 2.05) is 0 Å². The lowest BCUT2D eigenvalue weighted by Crippen LogP contribution is -2.50. The molecule has 0 heterocycles. The van der Waals surface area contributed by atoms with Crippen LogP contribution >= 0.6 is 0 Å². The first kappa shape index (κ1) is 11.9. The van der Waals surface area contributed by atoms with Crippen LogP contribution in [0.5, 0.6) is 0 Å². The van der Waals surface area contributed by atoms with E-state index in [0.717, 1.165) is 6.54 Å². The fourth-order valence-corrected chi connectivity index (χ4v) is 1.06. The minimum Gasteiger partial charge on any atom is -0.383 e. The van der Waals surface area contributed by atoms with E-state index >= 15 is 0 Å². The van der Waals surface area contributed by atoms with Gasteiger partial charge in [-0.2, -0.15) is 0 Å². The SMILES string of the molecule is CCNC(COC)C(C)(C)OC. The maximum absolute atomic E-state index is 5.36. The van der Waals surface area contributed by atoms with Crippen molar-refractivity contribution in [3.05, 3.63) is 0 Å². The second kappa shape index (κ2) is 5.51. The van der Waals surface area contributed by atoms with Gasteiger partial charge in [-0.3, -0.25) is 0 Å². The normalized spacial score (nSPS) is 14.8. The quantitative estimate of drug-likeness (QED) is 0.654. The molecule has 1 unspecified atom stereocenters. The number of rotatable bonds is 6. The van der Waals surface area contributed by atoms with Crippen molar-refractivity contribution in [1.29, 1.82) is 0 Å². The summed E-state index contributed by atoms with van der Waals surface area (Å²) in [5, 5.41) is 3.32. The van der Waals surface area contributed by atoms with E-state index in [-0.39, 0.29) is 11.6 Å². The predicted octanol–water partition coefficient (Wildman–Crippen LogP) is 1.04. The molecule has 0 aliphatic heterocycles. The summed E-state index contributed by atoms with van der Waals surface area (Å²) in [6, 6.07) is 0.248. The van der Waals surface area contributed by atoms with E-state index in [0.29, 0.717) is 6.61 Å². The summed E-state index contributed by atoms with van der Waals surface area (Å²) >= 11 is 0. The Labute approximate surface area is 75.4 Å². The van der Waals surface area contributed by atoms with Gasteiger partial charge in [-0.05, 0) is 20.4 Å². The molecule has 0 aliphatic rings. The highest BCUT2D eigenvalue weighted by Crippen LogP contribution is 2.13. The summed E-state index contributed by atoms with van der Waals surface area (Å²) in [7, 11) is 3.43. The van der Waals surface area contributed by atoms with Gasteiger partial charge in [0.25, 0.3) is 0 Å². The molecule has 1 atom stereocenters. The molecular formula is C9H21NO2. The van der Waals surface area contributed by atoms with Gasteiger partial charge >= 0.3 is 0 Å². The lowest BCUT2D eigenvalue weighted by Gasteiger charge is -2.33. The molecule has 0 aromatic rings. The molecule has 0 rings (SSSR count). The minimum absolute atomic E-state index is 0.175. The Morgan fingerprint density at radius 3 is 2.25 bits per heavy atom. The number of methoxy groups -OCH3 is 2.